The second-order valence-corrected chi connectivity index (χ2v) is 16.3. The fourth-order valence-corrected chi connectivity index (χ4v) is 12.1. The van der Waals surface area contributed by atoms with Crippen molar-refractivity contribution in [2.75, 3.05) is 23.4 Å². The van der Waals surface area contributed by atoms with E-state index >= 15 is 0 Å². The number of halogens is 3. The third-order valence-corrected chi connectivity index (χ3v) is 13.8. The van der Waals surface area contributed by atoms with E-state index < -0.39 is 35.4 Å². The van der Waals surface area contributed by atoms with Crippen LogP contribution in [-0.2, 0) is 20.6 Å². The van der Waals surface area contributed by atoms with Gasteiger partial charge in [0.15, 0.2) is 18.1 Å². The Morgan fingerprint density at radius 3 is 2.44 bits per heavy atom. The molecule has 0 radical (unpaired) electrons. The molecular formula is C40H32F3N3O6S2. The SMILES string of the molecule is CCOc1cc([C@H]2c3sc(=O)[nH]c3SC3C2[C@H]2C[C@@H]3C3C(=O)N(c4cccc(C(F)(F)F)c4)C(=O)C32)ccc1OCC(=O)Nc1ccc2ccccc2c1. The molecule has 7 atom stereocenters. The molecule has 14 heteroatoms. The van der Waals surface area contributed by atoms with Crippen molar-refractivity contribution in [1.29, 1.82) is 0 Å². The molecule has 2 N–H and O–H groups in total. The van der Waals surface area contributed by atoms with Gasteiger partial charge >= 0.3 is 11.0 Å². The molecule has 4 aliphatic rings. The zero-order valence-electron chi connectivity index (χ0n) is 28.6. The molecule has 3 heterocycles. The number of carbonyl (C=O) groups is 3. The molecule has 3 fully saturated rings. The van der Waals surface area contributed by atoms with Crippen LogP contribution in [0.5, 0.6) is 11.5 Å². The van der Waals surface area contributed by atoms with Crippen LogP contribution in [-0.4, -0.2) is 41.2 Å². The van der Waals surface area contributed by atoms with Crippen molar-refractivity contribution in [3.8, 4) is 11.5 Å². The van der Waals surface area contributed by atoms with Crippen molar-refractivity contribution in [2.24, 2.45) is 29.6 Å². The quantitative estimate of drug-likeness (QED) is 0.155. The molecule has 2 bridgehead atoms. The van der Waals surface area contributed by atoms with Gasteiger partial charge in [0, 0.05) is 21.7 Å². The minimum absolute atomic E-state index is 0.0767. The van der Waals surface area contributed by atoms with Gasteiger partial charge in [-0.1, -0.05) is 53.8 Å². The Morgan fingerprint density at radius 2 is 1.67 bits per heavy atom. The number of carbonyl (C=O) groups excluding carboxylic acids is 3. The lowest BCUT2D eigenvalue weighted by Gasteiger charge is -2.43. The molecule has 1 saturated heterocycles. The van der Waals surface area contributed by atoms with Gasteiger partial charge in [-0.05, 0) is 89.9 Å². The summed E-state index contributed by atoms with van der Waals surface area (Å²) in [5.74, 6) is -2.80. The highest BCUT2D eigenvalue weighted by Gasteiger charge is 2.69. The largest absolute Gasteiger partial charge is 0.490 e. The number of fused-ring (bicyclic) bond motifs is 10. The number of thiazole rings is 1. The molecule has 276 valence electrons. The van der Waals surface area contributed by atoms with E-state index in [4.69, 9.17) is 9.47 Å². The summed E-state index contributed by atoms with van der Waals surface area (Å²) in [4.78, 5) is 58.3. The number of rotatable bonds is 8. The maximum atomic E-state index is 14.1. The molecule has 3 amide bonds. The van der Waals surface area contributed by atoms with Crippen LogP contribution in [0.4, 0.5) is 24.5 Å². The number of benzene rings is 4. The average molecular weight is 772 g/mol. The van der Waals surface area contributed by atoms with Gasteiger partial charge < -0.3 is 19.8 Å². The number of anilines is 2. The number of aromatic amines is 1. The van der Waals surface area contributed by atoms with Crippen LogP contribution in [0.3, 0.4) is 0 Å². The number of ether oxygens (including phenoxy) is 2. The van der Waals surface area contributed by atoms with Crippen LogP contribution in [0, 0.1) is 29.6 Å². The fourth-order valence-electron chi connectivity index (χ4n) is 9.18. The van der Waals surface area contributed by atoms with Crippen LogP contribution in [0.25, 0.3) is 10.8 Å². The van der Waals surface area contributed by atoms with Crippen molar-refractivity contribution in [3.63, 3.8) is 0 Å². The highest BCUT2D eigenvalue weighted by molar-refractivity contribution is 8.00. The normalized spacial score (nSPS) is 25.4. The molecule has 2 aliphatic heterocycles. The Balaban J connectivity index is 1.00. The standard InChI is InChI=1S/C40H32F3N3O6S2/c1-2-51-28-15-21(11-13-27(28)52-18-29(47)44-23-12-10-19-6-3-4-7-20(19)14-23)30-31-25-17-26(34(31)53-36-35(30)54-39(50)45-36)33-32(25)37(48)46(38(33)49)24-9-5-8-22(16-24)40(41,42)43/h3-16,25-26,30-34H,2,17-18H2,1H3,(H,44,47)(H,45,50)/t25-,26-,30-,31?,32?,33?,34?/m1/s1. The lowest BCUT2D eigenvalue weighted by molar-refractivity contribution is -0.137. The number of H-pyrrole nitrogens is 1. The summed E-state index contributed by atoms with van der Waals surface area (Å²) in [7, 11) is 0. The molecule has 0 spiro atoms. The smallest absolute Gasteiger partial charge is 0.416 e. The molecular weight excluding hydrogens is 740 g/mol. The van der Waals surface area contributed by atoms with Crippen LogP contribution in [0.1, 0.15) is 35.3 Å². The Labute approximate surface area is 314 Å². The summed E-state index contributed by atoms with van der Waals surface area (Å²) < 4.78 is 52.8. The van der Waals surface area contributed by atoms with Crippen LogP contribution < -0.4 is 24.6 Å². The maximum absolute atomic E-state index is 14.1. The Morgan fingerprint density at radius 1 is 0.889 bits per heavy atom. The van der Waals surface area contributed by atoms with Crippen LogP contribution in [0.15, 0.2) is 94.7 Å². The van der Waals surface area contributed by atoms with E-state index in [9.17, 15) is 32.3 Å². The Hall–Kier alpha value is -5.08. The number of hydrogen-bond acceptors (Lipinski definition) is 8. The van der Waals surface area contributed by atoms with Crippen molar-refractivity contribution >= 4 is 63.0 Å². The highest BCUT2D eigenvalue weighted by Crippen LogP contribution is 2.69. The van der Waals surface area contributed by atoms with Crippen LogP contribution >= 0.6 is 23.1 Å². The number of nitrogens with zero attached hydrogens (tertiary/aromatic N) is 1. The van der Waals surface area contributed by atoms with E-state index in [1.54, 1.807) is 6.07 Å². The van der Waals surface area contributed by atoms with E-state index in [2.05, 4.69) is 10.3 Å². The van der Waals surface area contributed by atoms with Crippen molar-refractivity contribution in [2.45, 2.75) is 35.7 Å². The molecule has 54 heavy (non-hydrogen) atoms. The van der Waals surface area contributed by atoms with Crippen molar-refractivity contribution in [1.82, 2.24) is 4.98 Å². The van der Waals surface area contributed by atoms with Crippen LogP contribution in [0.2, 0.25) is 0 Å². The third-order valence-electron chi connectivity index (χ3n) is 11.2. The average Bonchev–Trinajstić information content (AvgIpc) is 3.89. The molecule has 2 saturated carbocycles. The first-order chi connectivity index (χ1) is 26.0. The molecule has 2 aliphatic carbocycles. The monoisotopic (exact) mass is 771 g/mol. The third kappa shape index (κ3) is 5.69. The summed E-state index contributed by atoms with van der Waals surface area (Å²) in [6.45, 7) is 1.88. The number of nitrogens with one attached hydrogen (secondary N) is 2. The van der Waals surface area contributed by atoms with Crippen molar-refractivity contribution < 1.29 is 37.0 Å². The molecule has 1 aromatic heterocycles. The van der Waals surface area contributed by atoms with Gasteiger partial charge in [-0.2, -0.15) is 13.2 Å². The molecule has 9 rings (SSSR count). The Kier molecular flexibility index (Phi) is 8.38. The summed E-state index contributed by atoms with van der Waals surface area (Å²) in [6.07, 6.45) is -4.01. The number of amides is 3. The van der Waals surface area contributed by atoms with Gasteiger partial charge in [-0.3, -0.25) is 24.1 Å². The van der Waals surface area contributed by atoms with Crippen molar-refractivity contribution in [3.05, 3.63) is 111 Å². The van der Waals surface area contributed by atoms with Gasteiger partial charge in [0.1, 0.15) is 0 Å². The first-order valence-corrected chi connectivity index (χ1v) is 19.3. The van der Waals surface area contributed by atoms with E-state index in [1.807, 2.05) is 61.5 Å². The molecule has 4 aromatic carbocycles. The van der Waals surface area contributed by atoms with E-state index in [1.165, 1.54) is 23.9 Å². The van der Waals surface area contributed by atoms with E-state index in [0.717, 1.165) is 54.6 Å². The van der Waals surface area contributed by atoms with E-state index in [0.29, 0.717) is 30.2 Å². The lowest BCUT2D eigenvalue weighted by atomic mass is 9.68. The first-order valence-electron chi connectivity index (χ1n) is 17.6. The summed E-state index contributed by atoms with van der Waals surface area (Å²) in [6, 6.07) is 23.3. The summed E-state index contributed by atoms with van der Waals surface area (Å²) in [5, 5.41) is 5.52. The fraction of sp³-hybridized carbons (Fsp3) is 0.300. The minimum atomic E-state index is -4.63. The minimum Gasteiger partial charge on any atom is -0.490 e. The Bertz CT molecular complexity index is 2410. The lowest BCUT2D eigenvalue weighted by Crippen LogP contribution is -2.42. The number of alkyl halides is 3. The zero-order valence-corrected chi connectivity index (χ0v) is 30.2. The highest BCUT2D eigenvalue weighted by atomic mass is 32.2. The summed E-state index contributed by atoms with van der Waals surface area (Å²) >= 11 is 2.63. The number of imide groups is 1. The second-order valence-electron chi connectivity index (χ2n) is 14.1. The zero-order chi connectivity index (χ0) is 37.5. The van der Waals surface area contributed by atoms with Gasteiger partial charge in [0.25, 0.3) is 5.91 Å². The molecule has 9 nitrogen and oxygen atoms in total. The summed E-state index contributed by atoms with van der Waals surface area (Å²) in [5.41, 5.74) is 0.463. The number of thioether (sulfide) groups is 1. The topological polar surface area (TPSA) is 118 Å². The van der Waals surface area contributed by atoms with Gasteiger partial charge in [-0.25, -0.2) is 0 Å². The molecule has 5 aromatic rings. The van der Waals surface area contributed by atoms with E-state index in [-0.39, 0.29) is 52.0 Å². The van der Waals surface area contributed by atoms with Gasteiger partial charge in [-0.15, -0.1) is 11.8 Å². The second kappa shape index (κ2) is 13.0. The number of aromatic nitrogens is 1. The first kappa shape index (κ1) is 34.7. The predicted octanol–water partition coefficient (Wildman–Crippen LogP) is 7.70. The van der Waals surface area contributed by atoms with Gasteiger partial charge in [0.05, 0.1) is 34.7 Å². The molecule has 4 unspecified atom stereocenters. The number of hydrogen-bond donors (Lipinski definition) is 2. The maximum Gasteiger partial charge on any atom is 0.416 e. The predicted molar refractivity (Wildman–Crippen MR) is 198 cm³/mol. The van der Waals surface area contributed by atoms with Gasteiger partial charge in [0.2, 0.25) is 11.8 Å².